The molecule has 0 fully saturated rings. The number of hydrogen-bond acceptors (Lipinski definition) is 5. The topological polar surface area (TPSA) is 65.1 Å². The molecule has 0 saturated heterocycles. The number of halogens is 1. The number of rotatable bonds is 7. The normalized spacial score (nSPS) is 13.5. The second kappa shape index (κ2) is 11.2. The molecule has 188 valence electrons. The summed E-state index contributed by atoms with van der Waals surface area (Å²) in [6, 6.07) is 18.1. The van der Waals surface area contributed by atoms with E-state index in [1.54, 1.807) is 38.0 Å². The molecular weight excluding hydrogens is 461 g/mol. The maximum Gasteiger partial charge on any atom is 0.410 e. The molecule has 1 aliphatic heterocycles. The van der Waals surface area contributed by atoms with E-state index in [1.807, 2.05) is 42.5 Å². The van der Waals surface area contributed by atoms with E-state index in [0.717, 1.165) is 22.3 Å². The standard InChI is InChI=1S/C29H30FNO5/c1-4-35-28(32)19(2)21-10-13-27(34-3)24(16-21)22-11-12-26(30)23-14-15-31(17-25(22)23)29(33)36-18-20-8-6-5-7-9-20/h5-13,16,19H,4,14-15,17-18H2,1-3H3. The number of ether oxygens (including phenoxy) is 3. The highest BCUT2D eigenvalue weighted by molar-refractivity contribution is 5.81. The van der Waals surface area contributed by atoms with E-state index >= 15 is 0 Å². The molecule has 4 rings (SSSR count). The van der Waals surface area contributed by atoms with Crippen molar-refractivity contribution in [2.24, 2.45) is 0 Å². The second-order valence-electron chi connectivity index (χ2n) is 8.70. The molecule has 36 heavy (non-hydrogen) atoms. The zero-order valence-electron chi connectivity index (χ0n) is 20.8. The van der Waals surface area contributed by atoms with Crippen molar-refractivity contribution in [1.82, 2.24) is 4.90 Å². The quantitative estimate of drug-likeness (QED) is 0.387. The van der Waals surface area contributed by atoms with Gasteiger partial charge in [-0.15, -0.1) is 0 Å². The SMILES string of the molecule is CCOC(=O)C(C)c1ccc(OC)c(-c2ccc(F)c3c2CN(C(=O)OCc2ccccc2)CC3)c1. The van der Waals surface area contributed by atoms with E-state index < -0.39 is 12.0 Å². The van der Waals surface area contributed by atoms with Crippen LogP contribution in [0.3, 0.4) is 0 Å². The van der Waals surface area contributed by atoms with Crippen LogP contribution >= 0.6 is 0 Å². The number of methoxy groups -OCH3 is 1. The van der Waals surface area contributed by atoms with Gasteiger partial charge in [0, 0.05) is 18.7 Å². The van der Waals surface area contributed by atoms with Crippen molar-refractivity contribution >= 4 is 12.1 Å². The van der Waals surface area contributed by atoms with Gasteiger partial charge in [0.15, 0.2) is 0 Å². The van der Waals surface area contributed by atoms with Crippen molar-refractivity contribution in [2.75, 3.05) is 20.3 Å². The first-order chi connectivity index (χ1) is 17.4. The Morgan fingerprint density at radius 3 is 2.50 bits per heavy atom. The van der Waals surface area contributed by atoms with Crippen LogP contribution in [-0.4, -0.2) is 37.2 Å². The van der Waals surface area contributed by atoms with E-state index in [0.29, 0.717) is 36.4 Å². The Balaban J connectivity index is 1.65. The zero-order chi connectivity index (χ0) is 25.7. The summed E-state index contributed by atoms with van der Waals surface area (Å²) in [5.41, 5.74) is 4.41. The highest BCUT2D eigenvalue weighted by Gasteiger charge is 2.28. The third-order valence-corrected chi connectivity index (χ3v) is 6.47. The maximum atomic E-state index is 14.8. The molecule has 3 aromatic carbocycles. The van der Waals surface area contributed by atoms with Crippen LogP contribution in [0.25, 0.3) is 11.1 Å². The van der Waals surface area contributed by atoms with Gasteiger partial charge in [0.05, 0.1) is 19.6 Å². The van der Waals surface area contributed by atoms with Gasteiger partial charge in [-0.25, -0.2) is 9.18 Å². The van der Waals surface area contributed by atoms with Crippen LogP contribution in [0.5, 0.6) is 5.75 Å². The molecule has 1 atom stereocenters. The highest BCUT2D eigenvalue weighted by Crippen LogP contribution is 2.39. The number of benzene rings is 3. The number of nitrogens with zero attached hydrogens (tertiary/aromatic N) is 1. The zero-order valence-corrected chi connectivity index (χ0v) is 20.8. The van der Waals surface area contributed by atoms with Gasteiger partial charge in [-0.2, -0.15) is 0 Å². The van der Waals surface area contributed by atoms with E-state index in [4.69, 9.17) is 14.2 Å². The predicted molar refractivity (Wildman–Crippen MR) is 134 cm³/mol. The van der Waals surface area contributed by atoms with Crippen molar-refractivity contribution < 1.29 is 28.2 Å². The monoisotopic (exact) mass is 491 g/mol. The Morgan fingerprint density at radius 2 is 1.78 bits per heavy atom. The van der Waals surface area contributed by atoms with Crippen molar-refractivity contribution in [3.05, 3.63) is 88.7 Å². The predicted octanol–water partition coefficient (Wildman–Crippen LogP) is 5.86. The molecule has 0 radical (unpaired) electrons. The highest BCUT2D eigenvalue weighted by atomic mass is 19.1. The summed E-state index contributed by atoms with van der Waals surface area (Å²) < 4.78 is 31.1. The van der Waals surface area contributed by atoms with Crippen molar-refractivity contribution in [3.63, 3.8) is 0 Å². The van der Waals surface area contributed by atoms with Gasteiger partial charge in [0.2, 0.25) is 0 Å². The number of fused-ring (bicyclic) bond motifs is 1. The summed E-state index contributed by atoms with van der Waals surface area (Å²) in [7, 11) is 1.57. The molecule has 0 aromatic heterocycles. The van der Waals surface area contributed by atoms with Gasteiger partial charge in [-0.05, 0) is 66.3 Å². The maximum absolute atomic E-state index is 14.8. The summed E-state index contributed by atoms with van der Waals surface area (Å²) in [4.78, 5) is 26.8. The smallest absolute Gasteiger partial charge is 0.410 e. The first kappa shape index (κ1) is 25.2. The average Bonchev–Trinajstić information content (AvgIpc) is 2.91. The average molecular weight is 492 g/mol. The van der Waals surface area contributed by atoms with Gasteiger partial charge in [-0.1, -0.05) is 42.5 Å². The van der Waals surface area contributed by atoms with E-state index in [1.165, 1.54) is 6.07 Å². The molecule has 0 aliphatic carbocycles. The number of amides is 1. The molecule has 6 nitrogen and oxygen atoms in total. The first-order valence-corrected chi connectivity index (χ1v) is 12.0. The number of esters is 1. The molecule has 0 N–H and O–H groups in total. The van der Waals surface area contributed by atoms with Gasteiger partial charge < -0.3 is 19.1 Å². The van der Waals surface area contributed by atoms with Crippen molar-refractivity contribution in [3.8, 4) is 16.9 Å². The Labute approximate surface area is 210 Å². The lowest BCUT2D eigenvalue weighted by Crippen LogP contribution is -2.37. The van der Waals surface area contributed by atoms with E-state index in [-0.39, 0.29) is 24.9 Å². The lowest BCUT2D eigenvalue weighted by molar-refractivity contribution is -0.144. The van der Waals surface area contributed by atoms with Crippen LogP contribution in [0.15, 0.2) is 60.7 Å². The van der Waals surface area contributed by atoms with Crippen LogP contribution in [0.2, 0.25) is 0 Å². The molecule has 1 heterocycles. The summed E-state index contributed by atoms with van der Waals surface area (Å²) in [6.45, 7) is 4.59. The fourth-order valence-electron chi connectivity index (χ4n) is 4.46. The molecule has 0 spiro atoms. The minimum absolute atomic E-state index is 0.167. The summed E-state index contributed by atoms with van der Waals surface area (Å²) in [5, 5.41) is 0. The molecule has 1 unspecified atom stereocenters. The molecular formula is C29H30FNO5. The third kappa shape index (κ3) is 5.35. The Bertz CT molecular complexity index is 1240. The Hall–Kier alpha value is -3.87. The largest absolute Gasteiger partial charge is 0.496 e. The summed E-state index contributed by atoms with van der Waals surface area (Å²) in [6.07, 6.45) is -0.0761. The van der Waals surface area contributed by atoms with Crippen molar-refractivity contribution in [1.29, 1.82) is 0 Å². The fourth-order valence-corrected chi connectivity index (χ4v) is 4.46. The van der Waals surface area contributed by atoms with Crippen LogP contribution in [-0.2, 0) is 33.8 Å². The molecule has 1 aliphatic rings. The summed E-state index contributed by atoms with van der Waals surface area (Å²) >= 11 is 0. The minimum atomic E-state index is -0.477. The second-order valence-corrected chi connectivity index (χ2v) is 8.70. The number of hydrogen-bond donors (Lipinski definition) is 0. The van der Waals surface area contributed by atoms with Gasteiger partial charge in [0.25, 0.3) is 0 Å². The lowest BCUT2D eigenvalue weighted by atomic mass is 9.88. The number of carbonyl (C=O) groups excluding carboxylic acids is 2. The minimum Gasteiger partial charge on any atom is -0.496 e. The summed E-state index contributed by atoms with van der Waals surface area (Å²) in [5.74, 6) is -0.508. The van der Waals surface area contributed by atoms with Crippen LogP contribution < -0.4 is 4.74 Å². The molecule has 0 saturated carbocycles. The third-order valence-electron chi connectivity index (χ3n) is 6.47. The molecule has 1 amide bonds. The first-order valence-electron chi connectivity index (χ1n) is 12.0. The van der Waals surface area contributed by atoms with Gasteiger partial charge >= 0.3 is 12.1 Å². The van der Waals surface area contributed by atoms with Crippen LogP contribution in [0.4, 0.5) is 9.18 Å². The molecule has 7 heteroatoms. The van der Waals surface area contributed by atoms with Gasteiger partial charge in [-0.3, -0.25) is 4.79 Å². The molecule has 3 aromatic rings. The van der Waals surface area contributed by atoms with E-state index in [2.05, 4.69) is 0 Å². The van der Waals surface area contributed by atoms with Crippen molar-refractivity contribution in [2.45, 2.75) is 39.3 Å². The van der Waals surface area contributed by atoms with Crippen LogP contribution in [0.1, 0.15) is 42.0 Å². The van der Waals surface area contributed by atoms with Gasteiger partial charge in [0.1, 0.15) is 18.2 Å². The van der Waals surface area contributed by atoms with Crippen LogP contribution in [0, 0.1) is 5.82 Å². The van der Waals surface area contributed by atoms with E-state index in [9.17, 15) is 14.0 Å². The number of carbonyl (C=O) groups is 2. The Kier molecular flexibility index (Phi) is 7.88. The fraction of sp³-hybridized carbons (Fsp3) is 0.310. The molecule has 0 bridgehead atoms. The lowest BCUT2D eigenvalue weighted by Gasteiger charge is -2.30. The Morgan fingerprint density at radius 1 is 1.00 bits per heavy atom.